The molecule has 2 aromatic carbocycles. The Labute approximate surface area is 145 Å². The average molecular weight is 360 g/mol. The molecule has 0 N–H and O–H groups in total. The first-order chi connectivity index (χ1) is 11.8. The minimum Gasteiger partial charge on any atom is -0.350 e. The van der Waals surface area contributed by atoms with E-state index >= 15 is 4.39 Å². The van der Waals surface area contributed by atoms with Crippen LogP contribution >= 0.6 is 0 Å². The van der Waals surface area contributed by atoms with Gasteiger partial charge < -0.3 is 4.90 Å². The van der Waals surface area contributed by atoms with Crippen molar-refractivity contribution in [3.05, 3.63) is 59.7 Å². The topological polar surface area (TPSA) is 57.7 Å². The smallest absolute Gasteiger partial charge is 0.268 e. The average Bonchev–Trinajstić information content (AvgIpc) is 2.97. The molecular weight excluding hydrogens is 343 g/mol. The molecule has 2 atom stereocenters. The first-order valence-electron chi connectivity index (χ1n) is 7.92. The summed E-state index contributed by atoms with van der Waals surface area (Å²) in [6.07, 6.45) is -1.69. The molecular formula is C18H17FN2O3S. The van der Waals surface area contributed by atoms with Crippen LogP contribution in [0.2, 0.25) is 0 Å². The second-order valence-corrected chi connectivity index (χ2v) is 8.36. The fourth-order valence-corrected chi connectivity index (χ4v) is 5.37. The van der Waals surface area contributed by atoms with Crippen molar-refractivity contribution in [3.63, 3.8) is 0 Å². The van der Waals surface area contributed by atoms with Gasteiger partial charge in [0.2, 0.25) is 5.91 Å². The molecule has 7 heteroatoms. The van der Waals surface area contributed by atoms with Crippen molar-refractivity contribution in [2.45, 2.75) is 30.1 Å². The van der Waals surface area contributed by atoms with Crippen LogP contribution in [0.15, 0.2) is 53.4 Å². The molecule has 130 valence electrons. The van der Waals surface area contributed by atoms with Gasteiger partial charge in [0.25, 0.3) is 10.0 Å². The first kappa shape index (κ1) is 16.1. The number of likely N-dealkylation sites (N-methyl/N-ethyl adjacent to an activating group) is 1. The summed E-state index contributed by atoms with van der Waals surface area (Å²) >= 11 is 0. The molecule has 0 bridgehead atoms. The van der Waals surface area contributed by atoms with Crippen LogP contribution < -0.4 is 4.90 Å². The molecule has 0 aromatic heterocycles. The van der Waals surface area contributed by atoms with Crippen molar-refractivity contribution in [1.82, 2.24) is 4.31 Å². The summed E-state index contributed by atoms with van der Waals surface area (Å²) in [5, 5.41) is 0. The maximum Gasteiger partial charge on any atom is 0.268 e. The lowest BCUT2D eigenvalue weighted by Gasteiger charge is -2.31. The molecule has 4 rings (SSSR count). The zero-order valence-electron chi connectivity index (χ0n) is 13.8. The largest absolute Gasteiger partial charge is 0.350 e. The summed E-state index contributed by atoms with van der Waals surface area (Å²) in [5.74, 6) is -0.727. The normalized spacial score (nSPS) is 25.2. The van der Waals surface area contributed by atoms with Gasteiger partial charge in [0, 0.05) is 18.3 Å². The number of hydrogen-bond acceptors (Lipinski definition) is 4. The molecule has 2 aliphatic heterocycles. The quantitative estimate of drug-likeness (QED) is 0.826. The number of aryl methyl sites for hydroxylation is 1. The van der Waals surface area contributed by atoms with Gasteiger partial charge in [0.05, 0.1) is 11.3 Å². The SMILES string of the molecule is Cc1ccc(S(=O)(=O)N2C(=O)C[C@@]3(F)c4ccccc4N(C)[C@@H]23)cc1. The van der Waals surface area contributed by atoms with Crippen molar-refractivity contribution in [3.8, 4) is 0 Å². The summed E-state index contributed by atoms with van der Waals surface area (Å²) < 4.78 is 42.6. The third-order valence-electron chi connectivity index (χ3n) is 4.96. The zero-order chi connectivity index (χ0) is 18.0. The molecule has 25 heavy (non-hydrogen) atoms. The number of carbonyl (C=O) groups is 1. The highest BCUT2D eigenvalue weighted by Crippen LogP contribution is 2.54. The highest BCUT2D eigenvalue weighted by Gasteiger charge is 2.64. The molecule has 2 aromatic rings. The number of fused-ring (bicyclic) bond motifs is 3. The van der Waals surface area contributed by atoms with E-state index in [1.807, 2.05) is 6.92 Å². The molecule has 1 amide bonds. The van der Waals surface area contributed by atoms with Crippen molar-refractivity contribution < 1.29 is 17.6 Å². The molecule has 0 unspecified atom stereocenters. The number of alkyl halides is 1. The number of anilines is 1. The molecule has 1 fully saturated rings. The Hall–Kier alpha value is -2.41. The second-order valence-electron chi connectivity index (χ2n) is 6.55. The number of nitrogens with zero attached hydrogens (tertiary/aromatic N) is 2. The van der Waals surface area contributed by atoms with E-state index in [0.717, 1.165) is 5.56 Å². The predicted octanol–water partition coefficient (Wildman–Crippen LogP) is 2.56. The van der Waals surface area contributed by atoms with Crippen LogP contribution in [0.4, 0.5) is 10.1 Å². The molecule has 0 spiro atoms. The van der Waals surface area contributed by atoms with E-state index in [4.69, 9.17) is 0 Å². The summed E-state index contributed by atoms with van der Waals surface area (Å²) in [6.45, 7) is 1.84. The Bertz CT molecular complexity index is 974. The number of para-hydroxylation sites is 1. The molecule has 0 saturated carbocycles. The van der Waals surface area contributed by atoms with Crippen LogP contribution in [0, 0.1) is 6.92 Å². The standard InChI is InChI=1S/C18H17FN2O3S/c1-12-7-9-13(10-8-12)25(23,24)21-16(22)11-18(19)14-5-3-4-6-15(14)20(2)17(18)21/h3-10,17H,11H2,1-2H3/t17-,18+/m0/s1. The fourth-order valence-electron chi connectivity index (χ4n) is 3.76. The maximum absolute atomic E-state index is 15.8. The number of hydrogen-bond donors (Lipinski definition) is 0. The monoisotopic (exact) mass is 360 g/mol. The van der Waals surface area contributed by atoms with Gasteiger partial charge in [-0.1, -0.05) is 35.9 Å². The summed E-state index contributed by atoms with van der Waals surface area (Å²) in [4.78, 5) is 14.0. The number of amides is 1. The Kier molecular flexibility index (Phi) is 3.25. The highest BCUT2D eigenvalue weighted by molar-refractivity contribution is 7.89. The van der Waals surface area contributed by atoms with E-state index in [-0.39, 0.29) is 4.90 Å². The van der Waals surface area contributed by atoms with E-state index in [1.165, 1.54) is 17.0 Å². The Morgan fingerprint density at radius 2 is 1.76 bits per heavy atom. The maximum atomic E-state index is 15.8. The van der Waals surface area contributed by atoms with Gasteiger partial charge >= 0.3 is 0 Å². The number of sulfonamides is 1. The lowest BCUT2D eigenvalue weighted by Crippen LogP contribution is -2.50. The molecule has 0 radical (unpaired) electrons. The number of benzene rings is 2. The summed E-state index contributed by atoms with van der Waals surface area (Å²) in [6, 6.07) is 13.0. The predicted molar refractivity (Wildman–Crippen MR) is 91.2 cm³/mol. The van der Waals surface area contributed by atoms with Crippen LogP contribution in [-0.2, 0) is 20.5 Å². The number of rotatable bonds is 2. The van der Waals surface area contributed by atoms with Crippen LogP contribution in [-0.4, -0.2) is 31.8 Å². The van der Waals surface area contributed by atoms with Gasteiger partial charge in [-0.15, -0.1) is 0 Å². The fraction of sp³-hybridized carbons (Fsp3) is 0.278. The zero-order valence-corrected chi connectivity index (χ0v) is 14.6. The van der Waals surface area contributed by atoms with Gasteiger partial charge in [-0.2, -0.15) is 0 Å². The van der Waals surface area contributed by atoms with Gasteiger partial charge in [-0.05, 0) is 25.1 Å². The van der Waals surface area contributed by atoms with Crippen molar-refractivity contribution in [2.75, 3.05) is 11.9 Å². The van der Waals surface area contributed by atoms with Crippen LogP contribution in [0.3, 0.4) is 0 Å². The van der Waals surface area contributed by atoms with E-state index in [0.29, 0.717) is 15.6 Å². The van der Waals surface area contributed by atoms with Gasteiger partial charge in [-0.3, -0.25) is 4.79 Å². The van der Waals surface area contributed by atoms with Crippen LogP contribution in [0.1, 0.15) is 17.5 Å². The highest BCUT2D eigenvalue weighted by atomic mass is 32.2. The van der Waals surface area contributed by atoms with E-state index in [9.17, 15) is 13.2 Å². The van der Waals surface area contributed by atoms with Gasteiger partial charge in [0.1, 0.15) is 0 Å². The third-order valence-corrected chi connectivity index (χ3v) is 6.75. The van der Waals surface area contributed by atoms with E-state index in [1.54, 1.807) is 43.4 Å². The van der Waals surface area contributed by atoms with Crippen molar-refractivity contribution in [1.29, 1.82) is 0 Å². The minimum absolute atomic E-state index is 0.0138. The summed E-state index contributed by atoms with van der Waals surface area (Å²) in [7, 11) is -2.53. The van der Waals surface area contributed by atoms with E-state index in [2.05, 4.69) is 0 Å². The van der Waals surface area contributed by atoms with Crippen LogP contribution in [0.25, 0.3) is 0 Å². The molecule has 2 aliphatic rings. The Balaban J connectivity index is 1.85. The molecule has 0 aliphatic carbocycles. The third kappa shape index (κ3) is 2.05. The first-order valence-corrected chi connectivity index (χ1v) is 9.36. The minimum atomic E-state index is -4.15. The lowest BCUT2D eigenvalue weighted by atomic mass is 9.95. The molecule has 2 heterocycles. The number of halogens is 1. The Morgan fingerprint density at radius 1 is 1.12 bits per heavy atom. The van der Waals surface area contributed by atoms with Crippen LogP contribution in [0.5, 0.6) is 0 Å². The van der Waals surface area contributed by atoms with Gasteiger partial charge in [-0.25, -0.2) is 17.1 Å². The van der Waals surface area contributed by atoms with Gasteiger partial charge in [0.15, 0.2) is 11.8 Å². The Morgan fingerprint density at radius 3 is 2.44 bits per heavy atom. The summed E-state index contributed by atoms with van der Waals surface area (Å²) in [5.41, 5.74) is -0.179. The number of carbonyl (C=O) groups excluding carboxylic acids is 1. The van der Waals surface area contributed by atoms with E-state index < -0.39 is 34.2 Å². The lowest BCUT2D eigenvalue weighted by molar-refractivity contribution is -0.124. The second kappa shape index (κ2) is 5.05. The van der Waals surface area contributed by atoms with Crippen molar-refractivity contribution in [2.24, 2.45) is 0 Å². The molecule has 1 saturated heterocycles. The van der Waals surface area contributed by atoms with Crippen molar-refractivity contribution >= 4 is 21.6 Å². The molecule has 5 nitrogen and oxygen atoms in total.